The van der Waals surface area contributed by atoms with E-state index in [2.05, 4.69) is 9.88 Å². The molecule has 1 N–H and O–H groups in total. The number of methoxy groups -OCH3 is 1. The van der Waals surface area contributed by atoms with E-state index in [9.17, 15) is 4.79 Å². The molecule has 156 valence electrons. The Morgan fingerprint density at radius 2 is 1.97 bits per heavy atom. The van der Waals surface area contributed by atoms with Gasteiger partial charge in [-0.05, 0) is 47.8 Å². The van der Waals surface area contributed by atoms with Crippen molar-refractivity contribution in [1.29, 1.82) is 0 Å². The Kier molecular flexibility index (Phi) is 5.36. The molecule has 0 aliphatic carbocycles. The molecule has 3 aromatic heterocycles. The molecule has 1 aliphatic heterocycles. The molecule has 0 spiro atoms. The maximum absolute atomic E-state index is 12.7. The predicted molar refractivity (Wildman–Crippen MR) is 122 cm³/mol. The Labute approximate surface area is 184 Å². The fourth-order valence-electron chi connectivity index (χ4n) is 3.87. The topological polar surface area (TPSA) is 71.1 Å². The van der Waals surface area contributed by atoms with Crippen molar-refractivity contribution >= 4 is 11.3 Å². The number of ether oxygens (including phenoxy) is 1. The van der Waals surface area contributed by atoms with E-state index in [0.29, 0.717) is 18.9 Å². The zero-order valence-electron chi connectivity index (χ0n) is 17.2. The summed E-state index contributed by atoms with van der Waals surface area (Å²) in [6.45, 7) is 2.12. The number of nitrogens with zero attached hydrogens (tertiary/aromatic N) is 3. The zero-order chi connectivity index (χ0) is 21.2. The largest absolute Gasteiger partial charge is 0.497 e. The van der Waals surface area contributed by atoms with Gasteiger partial charge in [-0.25, -0.2) is 4.98 Å². The number of pyridine rings is 1. The lowest BCUT2D eigenvalue weighted by molar-refractivity contribution is 0.239. The summed E-state index contributed by atoms with van der Waals surface area (Å²) in [6, 6.07) is 17.9. The monoisotopic (exact) mass is 430 g/mol. The fourth-order valence-corrected chi connectivity index (χ4v) is 4.53. The van der Waals surface area contributed by atoms with Crippen LogP contribution in [0.2, 0.25) is 0 Å². The standard InChI is InChI=1S/C24H22N4O2S/c1-30-18-9-7-16(8-10-18)20-5-2-4-17(25-20)14-28-12-11-21-19(15-28)24(29)27-23(26-21)22-6-3-13-31-22/h2-10,13H,11-12,14-15H2,1H3,(H,26,27,29). The van der Waals surface area contributed by atoms with Crippen LogP contribution < -0.4 is 10.3 Å². The SMILES string of the molecule is COc1ccc(-c2cccc(CN3CCc4nc(-c5cccs5)[nH]c(=O)c4C3)n2)cc1. The van der Waals surface area contributed by atoms with E-state index in [4.69, 9.17) is 14.7 Å². The lowest BCUT2D eigenvalue weighted by Gasteiger charge is -2.27. The molecule has 4 aromatic rings. The number of fused-ring (bicyclic) bond motifs is 1. The highest BCUT2D eigenvalue weighted by molar-refractivity contribution is 7.13. The van der Waals surface area contributed by atoms with Crippen molar-refractivity contribution in [2.45, 2.75) is 19.5 Å². The van der Waals surface area contributed by atoms with Crippen LogP contribution >= 0.6 is 11.3 Å². The van der Waals surface area contributed by atoms with E-state index in [1.807, 2.05) is 60.0 Å². The van der Waals surface area contributed by atoms with Crippen LogP contribution in [0.4, 0.5) is 0 Å². The highest BCUT2D eigenvalue weighted by Crippen LogP contribution is 2.24. The number of benzene rings is 1. The van der Waals surface area contributed by atoms with Crippen molar-refractivity contribution < 1.29 is 4.74 Å². The van der Waals surface area contributed by atoms with Gasteiger partial charge in [-0.15, -0.1) is 11.3 Å². The van der Waals surface area contributed by atoms with E-state index >= 15 is 0 Å². The zero-order valence-corrected chi connectivity index (χ0v) is 18.0. The fraction of sp³-hybridized carbons (Fsp3) is 0.208. The van der Waals surface area contributed by atoms with Crippen LogP contribution in [0, 0.1) is 0 Å². The van der Waals surface area contributed by atoms with Gasteiger partial charge in [-0.1, -0.05) is 12.1 Å². The molecule has 0 amide bonds. The van der Waals surface area contributed by atoms with Gasteiger partial charge in [0.15, 0.2) is 5.82 Å². The average Bonchev–Trinajstić information content (AvgIpc) is 3.35. The third-order valence-electron chi connectivity index (χ3n) is 5.48. The van der Waals surface area contributed by atoms with Gasteiger partial charge in [0.25, 0.3) is 5.56 Å². The molecule has 0 saturated carbocycles. The summed E-state index contributed by atoms with van der Waals surface area (Å²) in [5.41, 5.74) is 4.58. The molecular formula is C24H22N4O2S. The first-order valence-electron chi connectivity index (χ1n) is 10.2. The van der Waals surface area contributed by atoms with Gasteiger partial charge in [0, 0.05) is 31.6 Å². The molecule has 5 rings (SSSR count). The first kappa shape index (κ1) is 19.7. The number of nitrogens with one attached hydrogen (secondary N) is 1. The van der Waals surface area contributed by atoms with E-state index in [1.54, 1.807) is 18.4 Å². The Morgan fingerprint density at radius 1 is 1.10 bits per heavy atom. The minimum absolute atomic E-state index is 0.0435. The van der Waals surface area contributed by atoms with Gasteiger partial charge in [0.2, 0.25) is 0 Å². The van der Waals surface area contributed by atoms with Crippen LogP contribution in [0.5, 0.6) is 5.75 Å². The number of aromatic nitrogens is 3. The molecule has 0 radical (unpaired) electrons. The van der Waals surface area contributed by atoms with Crippen LogP contribution in [-0.4, -0.2) is 33.5 Å². The van der Waals surface area contributed by atoms with Crippen molar-refractivity contribution in [3.63, 3.8) is 0 Å². The van der Waals surface area contributed by atoms with E-state index in [-0.39, 0.29) is 5.56 Å². The summed E-state index contributed by atoms with van der Waals surface area (Å²) < 4.78 is 5.24. The maximum Gasteiger partial charge on any atom is 0.255 e. The minimum Gasteiger partial charge on any atom is -0.497 e. The Morgan fingerprint density at radius 3 is 2.74 bits per heavy atom. The highest BCUT2D eigenvalue weighted by Gasteiger charge is 2.22. The number of hydrogen-bond donors (Lipinski definition) is 1. The first-order valence-corrected chi connectivity index (χ1v) is 11.1. The lowest BCUT2D eigenvalue weighted by Crippen LogP contribution is -2.35. The summed E-state index contributed by atoms with van der Waals surface area (Å²) >= 11 is 1.58. The second-order valence-electron chi connectivity index (χ2n) is 7.52. The van der Waals surface area contributed by atoms with Crippen LogP contribution in [0.25, 0.3) is 22.0 Å². The smallest absolute Gasteiger partial charge is 0.255 e. The van der Waals surface area contributed by atoms with Gasteiger partial charge in [-0.3, -0.25) is 14.7 Å². The number of H-pyrrole nitrogens is 1. The molecule has 0 saturated heterocycles. The molecule has 1 aliphatic rings. The van der Waals surface area contributed by atoms with Gasteiger partial charge < -0.3 is 9.72 Å². The summed E-state index contributed by atoms with van der Waals surface area (Å²) in [5.74, 6) is 1.49. The van der Waals surface area contributed by atoms with Crippen molar-refractivity contribution in [2.75, 3.05) is 13.7 Å². The third kappa shape index (κ3) is 4.15. The average molecular weight is 431 g/mol. The van der Waals surface area contributed by atoms with E-state index in [0.717, 1.165) is 51.8 Å². The van der Waals surface area contributed by atoms with Crippen molar-refractivity contribution in [3.8, 4) is 27.7 Å². The van der Waals surface area contributed by atoms with Crippen LogP contribution in [0.3, 0.4) is 0 Å². The van der Waals surface area contributed by atoms with Crippen LogP contribution in [-0.2, 0) is 19.5 Å². The maximum atomic E-state index is 12.7. The van der Waals surface area contributed by atoms with Gasteiger partial charge in [-0.2, -0.15) is 0 Å². The van der Waals surface area contributed by atoms with E-state index < -0.39 is 0 Å². The molecule has 0 unspecified atom stereocenters. The molecule has 1 aromatic carbocycles. The number of rotatable bonds is 5. The lowest BCUT2D eigenvalue weighted by atomic mass is 10.1. The van der Waals surface area contributed by atoms with Gasteiger partial charge in [0.05, 0.1) is 34.6 Å². The highest BCUT2D eigenvalue weighted by atomic mass is 32.1. The van der Waals surface area contributed by atoms with Crippen molar-refractivity contribution in [2.24, 2.45) is 0 Å². The summed E-state index contributed by atoms with van der Waals surface area (Å²) in [6.07, 6.45) is 0.760. The quantitative estimate of drug-likeness (QED) is 0.516. The Balaban J connectivity index is 1.34. The second-order valence-corrected chi connectivity index (χ2v) is 8.47. The van der Waals surface area contributed by atoms with Crippen LogP contribution in [0.15, 0.2) is 64.8 Å². The summed E-state index contributed by atoms with van der Waals surface area (Å²) in [5, 5.41) is 1.99. The molecule has 0 fully saturated rings. The summed E-state index contributed by atoms with van der Waals surface area (Å²) in [4.78, 5) is 28.5. The number of thiophene rings is 1. The van der Waals surface area contributed by atoms with Crippen molar-refractivity contribution in [3.05, 3.63) is 87.3 Å². The number of aromatic amines is 1. The minimum atomic E-state index is -0.0435. The Hall–Kier alpha value is -3.29. The second kappa shape index (κ2) is 8.45. The first-order chi connectivity index (χ1) is 15.2. The predicted octanol–water partition coefficient (Wildman–Crippen LogP) is 4.13. The van der Waals surface area contributed by atoms with Crippen molar-refractivity contribution in [1.82, 2.24) is 19.9 Å². The Bertz CT molecular complexity index is 1250. The molecule has 7 heteroatoms. The third-order valence-corrected chi connectivity index (χ3v) is 6.36. The summed E-state index contributed by atoms with van der Waals surface area (Å²) in [7, 11) is 1.66. The van der Waals surface area contributed by atoms with E-state index in [1.165, 1.54) is 0 Å². The molecule has 31 heavy (non-hydrogen) atoms. The molecule has 0 bridgehead atoms. The molecular weight excluding hydrogens is 408 g/mol. The van der Waals surface area contributed by atoms with Gasteiger partial charge >= 0.3 is 0 Å². The molecule has 6 nitrogen and oxygen atoms in total. The molecule has 0 atom stereocenters. The normalized spacial score (nSPS) is 13.7. The van der Waals surface area contributed by atoms with Gasteiger partial charge in [0.1, 0.15) is 5.75 Å². The number of hydrogen-bond acceptors (Lipinski definition) is 6. The van der Waals surface area contributed by atoms with Crippen LogP contribution in [0.1, 0.15) is 17.0 Å². The molecule has 4 heterocycles.